The van der Waals surface area contributed by atoms with E-state index in [1.54, 1.807) is 54.6 Å². The molecular formula is C22H31N5O4S. The Morgan fingerprint density at radius 3 is 2.12 bits per heavy atom. The molecule has 1 aromatic heterocycles. The van der Waals surface area contributed by atoms with Crippen molar-refractivity contribution in [3.8, 4) is 0 Å². The van der Waals surface area contributed by atoms with Crippen molar-refractivity contribution in [2.24, 2.45) is 0 Å². The molecule has 2 heterocycles. The van der Waals surface area contributed by atoms with Crippen LogP contribution < -0.4 is 5.32 Å². The number of benzene rings is 1. The van der Waals surface area contributed by atoms with Crippen LogP contribution in [0, 0.1) is 13.8 Å². The fourth-order valence-electron chi connectivity index (χ4n) is 4.01. The zero-order valence-electron chi connectivity index (χ0n) is 19.2. The van der Waals surface area contributed by atoms with Crippen LogP contribution in [-0.4, -0.2) is 71.4 Å². The van der Waals surface area contributed by atoms with E-state index in [0.29, 0.717) is 17.0 Å². The Morgan fingerprint density at radius 1 is 1.00 bits per heavy atom. The van der Waals surface area contributed by atoms with Crippen LogP contribution in [0.4, 0.5) is 0 Å². The van der Waals surface area contributed by atoms with Crippen molar-refractivity contribution in [3.63, 3.8) is 0 Å². The topological polar surface area (TPSA) is 105 Å². The highest BCUT2D eigenvalue weighted by Crippen LogP contribution is 2.26. The van der Waals surface area contributed by atoms with Crippen LogP contribution in [0.5, 0.6) is 0 Å². The van der Waals surface area contributed by atoms with Gasteiger partial charge in [0.1, 0.15) is 10.9 Å². The molecule has 0 radical (unpaired) electrons. The molecular weight excluding hydrogens is 430 g/mol. The van der Waals surface area contributed by atoms with E-state index in [9.17, 15) is 18.0 Å². The minimum Gasteiger partial charge on any atom is -0.341 e. The van der Waals surface area contributed by atoms with Gasteiger partial charge in [-0.3, -0.25) is 14.3 Å². The summed E-state index contributed by atoms with van der Waals surface area (Å²) in [5.41, 5.74) is 1.58. The second-order valence-corrected chi connectivity index (χ2v) is 10.2. The van der Waals surface area contributed by atoms with Gasteiger partial charge in [-0.1, -0.05) is 18.2 Å². The number of aryl methyl sites for hydroxylation is 1. The second kappa shape index (κ2) is 9.41. The molecule has 1 aliphatic rings. The summed E-state index contributed by atoms with van der Waals surface area (Å²) in [5.74, 6) is -0.549. The lowest BCUT2D eigenvalue weighted by Gasteiger charge is -2.35. The van der Waals surface area contributed by atoms with Crippen molar-refractivity contribution < 1.29 is 18.0 Å². The third kappa shape index (κ3) is 4.71. The third-order valence-electron chi connectivity index (χ3n) is 5.65. The number of nitrogens with zero attached hydrogens (tertiary/aromatic N) is 4. The highest BCUT2D eigenvalue weighted by molar-refractivity contribution is 7.89. The molecule has 1 N–H and O–H groups in total. The Bertz CT molecular complexity index is 1090. The van der Waals surface area contributed by atoms with Crippen LogP contribution in [-0.2, 0) is 14.8 Å². The number of rotatable bonds is 6. The first-order valence-electron chi connectivity index (χ1n) is 10.7. The molecule has 1 atom stereocenters. The number of hydrogen-bond donors (Lipinski definition) is 1. The van der Waals surface area contributed by atoms with Gasteiger partial charge in [0, 0.05) is 37.8 Å². The summed E-state index contributed by atoms with van der Waals surface area (Å²) in [6, 6.07) is 8.04. The standard InChI is InChI=1S/C22H31N5O4S/c1-15(2)27-18(5)20(16(3)24-27)32(30,31)26-13-11-25(12-14-26)22(29)17(4)23-21(28)19-9-7-6-8-10-19/h6-10,15,17H,11-14H2,1-5H3,(H,23,28). The predicted molar refractivity (Wildman–Crippen MR) is 121 cm³/mol. The number of piperazine rings is 1. The van der Waals surface area contributed by atoms with E-state index in [4.69, 9.17) is 0 Å². The summed E-state index contributed by atoms with van der Waals surface area (Å²) in [7, 11) is -3.72. The Labute approximate surface area is 189 Å². The van der Waals surface area contributed by atoms with E-state index < -0.39 is 16.1 Å². The number of amides is 2. The van der Waals surface area contributed by atoms with Crippen molar-refractivity contribution in [2.75, 3.05) is 26.2 Å². The van der Waals surface area contributed by atoms with Gasteiger partial charge in [0.2, 0.25) is 15.9 Å². The van der Waals surface area contributed by atoms with Gasteiger partial charge in [-0.15, -0.1) is 0 Å². The first-order valence-corrected chi connectivity index (χ1v) is 12.2. The van der Waals surface area contributed by atoms with Gasteiger partial charge in [-0.05, 0) is 46.8 Å². The lowest BCUT2D eigenvalue weighted by atomic mass is 10.2. The van der Waals surface area contributed by atoms with Gasteiger partial charge in [0.05, 0.1) is 11.4 Å². The van der Waals surface area contributed by atoms with E-state index in [2.05, 4.69) is 10.4 Å². The van der Waals surface area contributed by atoms with Crippen LogP contribution in [0.2, 0.25) is 0 Å². The fourth-order valence-corrected chi connectivity index (χ4v) is 5.79. The van der Waals surface area contributed by atoms with Gasteiger partial charge in [0.15, 0.2) is 0 Å². The van der Waals surface area contributed by atoms with Crippen molar-refractivity contribution in [1.29, 1.82) is 0 Å². The average molecular weight is 462 g/mol. The maximum absolute atomic E-state index is 13.3. The number of carbonyl (C=O) groups is 2. The fraction of sp³-hybridized carbons (Fsp3) is 0.500. The summed E-state index contributed by atoms with van der Waals surface area (Å²) >= 11 is 0. The van der Waals surface area contributed by atoms with Crippen molar-refractivity contribution in [2.45, 2.75) is 51.6 Å². The maximum atomic E-state index is 13.3. The zero-order valence-corrected chi connectivity index (χ0v) is 20.0. The van der Waals surface area contributed by atoms with E-state index >= 15 is 0 Å². The molecule has 1 saturated heterocycles. The molecule has 1 aliphatic heterocycles. The number of aromatic nitrogens is 2. The van der Waals surface area contributed by atoms with E-state index in [0.717, 1.165) is 0 Å². The van der Waals surface area contributed by atoms with E-state index in [-0.39, 0.29) is 48.9 Å². The normalized spacial score (nSPS) is 16.2. The maximum Gasteiger partial charge on any atom is 0.251 e. The summed E-state index contributed by atoms with van der Waals surface area (Å²) in [6.07, 6.45) is 0. The smallest absolute Gasteiger partial charge is 0.251 e. The average Bonchev–Trinajstić information content (AvgIpc) is 3.08. The summed E-state index contributed by atoms with van der Waals surface area (Å²) in [6.45, 7) is 9.94. The molecule has 2 amide bonds. The van der Waals surface area contributed by atoms with Gasteiger partial charge < -0.3 is 10.2 Å². The quantitative estimate of drug-likeness (QED) is 0.706. The predicted octanol–water partition coefficient (Wildman–Crippen LogP) is 1.73. The Hall–Kier alpha value is -2.72. The van der Waals surface area contributed by atoms with Gasteiger partial charge in [-0.2, -0.15) is 9.40 Å². The van der Waals surface area contributed by atoms with Crippen molar-refractivity contribution >= 4 is 21.8 Å². The zero-order chi connectivity index (χ0) is 23.6. The molecule has 9 nitrogen and oxygen atoms in total. The molecule has 3 rings (SSSR count). The molecule has 1 fully saturated rings. The number of carbonyl (C=O) groups excluding carboxylic acids is 2. The largest absolute Gasteiger partial charge is 0.341 e. The van der Waals surface area contributed by atoms with Crippen molar-refractivity contribution in [1.82, 2.24) is 24.3 Å². The van der Waals surface area contributed by atoms with Crippen molar-refractivity contribution in [3.05, 3.63) is 47.3 Å². The minimum absolute atomic E-state index is 0.0553. The Balaban J connectivity index is 1.64. The first-order chi connectivity index (χ1) is 15.0. The molecule has 0 saturated carbocycles. The molecule has 174 valence electrons. The minimum atomic E-state index is -3.72. The molecule has 32 heavy (non-hydrogen) atoms. The van der Waals surface area contributed by atoms with E-state index in [1.165, 1.54) is 4.31 Å². The molecule has 0 aliphatic carbocycles. The second-order valence-electron chi connectivity index (χ2n) is 8.33. The van der Waals surface area contributed by atoms with Crippen LogP contribution in [0.3, 0.4) is 0 Å². The van der Waals surface area contributed by atoms with Gasteiger partial charge in [-0.25, -0.2) is 8.42 Å². The number of hydrogen-bond acceptors (Lipinski definition) is 5. The number of sulfonamides is 1. The molecule has 1 unspecified atom stereocenters. The molecule has 0 spiro atoms. The summed E-state index contributed by atoms with van der Waals surface area (Å²) in [4.78, 5) is 27.0. The molecule has 0 bridgehead atoms. The van der Waals surface area contributed by atoms with Crippen LogP contribution >= 0.6 is 0 Å². The van der Waals surface area contributed by atoms with Gasteiger partial charge in [0.25, 0.3) is 5.91 Å². The van der Waals surface area contributed by atoms with E-state index in [1.807, 2.05) is 19.9 Å². The number of nitrogens with one attached hydrogen (secondary N) is 1. The molecule has 10 heteroatoms. The molecule has 2 aromatic rings. The van der Waals surface area contributed by atoms with Gasteiger partial charge >= 0.3 is 0 Å². The van der Waals surface area contributed by atoms with Crippen LogP contribution in [0.25, 0.3) is 0 Å². The first kappa shape index (κ1) is 23.9. The highest BCUT2D eigenvalue weighted by atomic mass is 32.2. The summed E-state index contributed by atoms with van der Waals surface area (Å²) in [5, 5.41) is 7.11. The monoisotopic (exact) mass is 461 g/mol. The molecule has 1 aromatic carbocycles. The third-order valence-corrected chi connectivity index (χ3v) is 7.80. The summed E-state index contributed by atoms with van der Waals surface area (Å²) < 4.78 is 29.7. The van der Waals surface area contributed by atoms with Crippen LogP contribution in [0.1, 0.15) is 48.6 Å². The Kier molecular flexibility index (Phi) is 7.04. The van der Waals surface area contributed by atoms with Crippen LogP contribution in [0.15, 0.2) is 35.2 Å². The Morgan fingerprint density at radius 2 is 1.59 bits per heavy atom. The SMILES string of the molecule is Cc1nn(C(C)C)c(C)c1S(=O)(=O)N1CCN(C(=O)C(C)NC(=O)c2ccccc2)CC1. The highest BCUT2D eigenvalue weighted by Gasteiger charge is 2.35. The lowest BCUT2D eigenvalue weighted by Crippen LogP contribution is -2.55. The lowest BCUT2D eigenvalue weighted by molar-refractivity contribution is -0.134.